The van der Waals surface area contributed by atoms with Crippen LogP contribution in [0, 0.1) is 0 Å². The Morgan fingerprint density at radius 3 is 2.26 bits per heavy atom. The number of phenols is 2. The molecule has 0 unspecified atom stereocenters. The molecule has 118 valence electrons. The summed E-state index contributed by atoms with van der Waals surface area (Å²) in [5.41, 5.74) is 0.671. The Bertz CT molecular complexity index is 800. The summed E-state index contributed by atoms with van der Waals surface area (Å²) in [6, 6.07) is 7.51. The Morgan fingerprint density at radius 1 is 1.00 bits per heavy atom. The highest BCUT2D eigenvalue weighted by Gasteiger charge is 2.31. The van der Waals surface area contributed by atoms with Gasteiger partial charge >= 0.3 is 0 Å². The van der Waals surface area contributed by atoms with Crippen molar-refractivity contribution in [3.05, 3.63) is 47.2 Å². The largest absolute Gasteiger partial charge is 0.508 e. The van der Waals surface area contributed by atoms with Gasteiger partial charge in [0, 0.05) is 18.2 Å². The fourth-order valence-corrected chi connectivity index (χ4v) is 2.34. The van der Waals surface area contributed by atoms with Gasteiger partial charge in [0.05, 0.1) is 14.2 Å². The van der Waals surface area contributed by atoms with Crippen LogP contribution in [-0.2, 0) is 0 Å². The van der Waals surface area contributed by atoms with Crippen LogP contribution < -0.4 is 14.2 Å². The number of methoxy groups -OCH3 is 2. The van der Waals surface area contributed by atoms with Gasteiger partial charge in [-0.2, -0.15) is 0 Å². The minimum Gasteiger partial charge on any atom is -0.508 e. The molecule has 1 heterocycles. The molecule has 0 bridgehead atoms. The normalized spacial score (nSPS) is 14.5. The van der Waals surface area contributed by atoms with Crippen molar-refractivity contribution < 1.29 is 29.2 Å². The van der Waals surface area contributed by atoms with Crippen molar-refractivity contribution in [2.75, 3.05) is 14.2 Å². The fraction of sp³-hybridized carbons (Fsp3) is 0.118. The third-order valence-electron chi connectivity index (χ3n) is 3.41. The van der Waals surface area contributed by atoms with Crippen LogP contribution in [0.15, 0.2) is 36.1 Å². The SMILES string of the molecule is COc1cc(/C=C2\Oc3cc(O)cc(O)c3C2=O)cc(OC)c1. The van der Waals surface area contributed by atoms with Crippen molar-refractivity contribution in [1.82, 2.24) is 0 Å². The molecule has 1 aliphatic heterocycles. The summed E-state index contributed by atoms with van der Waals surface area (Å²) < 4.78 is 15.8. The number of fused-ring (bicyclic) bond motifs is 1. The van der Waals surface area contributed by atoms with E-state index in [0.717, 1.165) is 6.07 Å². The highest BCUT2D eigenvalue weighted by Crippen LogP contribution is 2.40. The highest BCUT2D eigenvalue weighted by atomic mass is 16.5. The van der Waals surface area contributed by atoms with Crippen molar-refractivity contribution >= 4 is 11.9 Å². The van der Waals surface area contributed by atoms with Gasteiger partial charge < -0.3 is 24.4 Å². The van der Waals surface area contributed by atoms with Crippen LogP contribution in [0.1, 0.15) is 15.9 Å². The number of ketones is 1. The van der Waals surface area contributed by atoms with Crippen LogP contribution in [0.3, 0.4) is 0 Å². The predicted octanol–water partition coefficient (Wildman–Crippen LogP) is 2.73. The Morgan fingerprint density at radius 2 is 1.65 bits per heavy atom. The lowest BCUT2D eigenvalue weighted by Crippen LogP contribution is -1.98. The minimum absolute atomic E-state index is 0.0314. The molecule has 2 aromatic carbocycles. The number of Topliss-reactive ketones (excluding diaryl/α,β-unsaturated/α-hetero) is 1. The molecule has 0 aromatic heterocycles. The molecule has 2 N–H and O–H groups in total. The van der Waals surface area contributed by atoms with Gasteiger partial charge in [0.15, 0.2) is 5.76 Å². The van der Waals surface area contributed by atoms with Crippen LogP contribution in [0.2, 0.25) is 0 Å². The molecule has 0 saturated carbocycles. The van der Waals surface area contributed by atoms with E-state index < -0.39 is 5.78 Å². The van der Waals surface area contributed by atoms with Crippen molar-refractivity contribution in [3.8, 4) is 28.7 Å². The first-order chi connectivity index (χ1) is 11.0. The van der Waals surface area contributed by atoms with Crippen LogP contribution in [0.25, 0.3) is 6.08 Å². The summed E-state index contributed by atoms with van der Waals surface area (Å²) in [5, 5.41) is 19.3. The molecular formula is C17H14O6. The third kappa shape index (κ3) is 2.66. The van der Waals surface area contributed by atoms with Gasteiger partial charge in [0.2, 0.25) is 5.78 Å². The maximum Gasteiger partial charge on any atom is 0.235 e. The molecule has 1 aliphatic rings. The van der Waals surface area contributed by atoms with E-state index >= 15 is 0 Å². The highest BCUT2D eigenvalue weighted by molar-refractivity contribution is 6.16. The smallest absolute Gasteiger partial charge is 0.235 e. The van der Waals surface area contributed by atoms with E-state index in [1.54, 1.807) is 18.2 Å². The van der Waals surface area contributed by atoms with E-state index in [-0.39, 0.29) is 28.6 Å². The lowest BCUT2D eigenvalue weighted by atomic mass is 10.1. The first-order valence-electron chi connectivity index (χ1n) is 6.75. The maximum atomic E-state index is 12.3. The van der Waals surface area contributed by atoms with Crippen molar-refractivity contribution in [3.63, 3.8) is 0 Å². The average Bonchev–Trinajstić information content (AvgIpc) is 2.82. The molecule has 23 heavy (non-hydrogen) atoms. The Kier molecular flexibility index (Phi) is 3.57. The second kappa shape index (κ2) is 5.57. The van der Waals surface area contributed by atoms with Gasteiger partial charge in [-0.05, 0) is 23.8 Å². The topological polar surface area (TPSA) is 85.2 Å². The van der Waals surface area contributed by atoms with Gasteiger partial charge in [-0.1, -0.05) is 0 Å². The van der Waals surface area contributed by atoms with E-state index in [4.69, 9.17) is 14.2 Å². The van der Waals surface area contributed by atoms with E-state index in [2.05, 4.69) is 0 Å². The molecule has 0 aliphatic carbocycles. The number of aromatic hydroxyl groups is 2. The van der Waals surface area contributed by atoms with E-state index in [1.165, 1.54) is 26.4 Å². The van der Waals surface area contributed by atoms with Crippen LogP contribution >= 0.6 is 0 Å². The Balaban J connectivity index is 2.02. The summed E-state index contributed by atoms with van der Waals surface area (Å²) in [6.45, 7) is 0. The van der Waals surface area contributed by atoms with Gasteiger partial charge in [0.1, 0.15) is 34.3 Å². The van der Waals surface area contributed by atoms with Gasteiger partial charge in [-0.3, -0.25) is 4.79 Å². The van der Waals surface area contributed by atoms with Crippen molar-refractivity contribution in [1.29, 1.82) is 0 Å². The van der Waals surface area contributed by atoms with E-state index in [0.29, 0.717) is 17.1 Å². The second-order valence-corrected chi connectivity index (χ2v) is 4.92. The Labute approximate surface area is 132 Å². The average molecular weight is 314 g/mol. The number of carbonyl (C=O) groups excluding carboxylic acids is 1. The lowest BCUT2D eigenvalue weighted by molar-refractivity contribution is 0.101. The number of ether oxygens (including phenoxy) is 3. The van der Waals surface area contributed by atoms with Gasteiger partial charge in [-0.25, -0.2) is 0 Å². The molecular weight excluding hydrogens is 300 g/mol. The number of carbonyl (C=O) groups is 1. The number of hydrogen-bond donors (Lipinski definition) is 2. The summed E-state index contributed by atoms with van der Waals surface area (Å²) in [4.78, 5) is 12.3. The predicted molar refractivity (Wildman–Crippen MR) is 82.3 cm³/mol. The fourth-order valence-electron chi connectivity index (χ4n) is 2.34. The molecule has 0 amide bonds. The number of rotatable bonds is 3. The third-order valence-corrected chi connectivity index (χ3v) is 3.41. The first kappa shape index (κ1) is 14.8. The summed E-state index contributed by atoms with van der Waals surface area (Å²) in [5.74, 6) is 0.332. The molecule has 0 saturated heterocycles. The summed E-state index contributed by atoms with van der Waals surface area (Å²) in [6.07, 6.45) is 1.52. The molecule has 0 atom stereocenters. The summed E-state index contributed by atoms with van der Waals surface area (Å²) >= 11 is 0. The standard InChI is InChI=1S/C17H14O6/c1-21-11-3-9(4-12(8-11)22-2)5-15-17(20)16-13(19)6-10(18)7-14(16)23-15/h3-8,18-19H,1-2H3/b15-5-. The molecule has 3 rings (SSSR count). The zero-order valence-corrected chi connectivity index (χ0v) is 12.5. The minimum atomic E-state index is -0.459. The maximum absolute atomic E-state index is 12.3. The van der Waals surface area contributed by atoms with Gasteiger partial charge in [0.25, 0.3) is 0 Å². The summed E-state index contributed by atoms with van der Waals surface area (Å²) in [7, 11) is 3.05. The molecule has 0 spiro atoms. The van der Waals surface area contributed by atoms with Crippen LogP contribution in [-0.4, -0.2) is 30.2 Å². The molecule has 2 aromatic rings. The molecule has 6 heteroatoms. The first-order valence-corrected chi connectivity index (χ1v) is 6.75. The number of allylic oxidation sites excluding steroid dienone is 1. The van der Waals surface area contributed by atoms with Gasteiger partial charge in [-0.15, -0.1) is 0 Å². The zero-order valence-electron chi connectivity index (χ0n) is 12.5. The zero-order chi connectivity index (χ0) is 16.6. The molecule has 6 nitrogen and oxygen atoms in total. The van der Waals surface area contributed by atoms with Crippen molar-refractivity contribution in [2.24, 2.45) is 0 Å². The number of benzene rings is 2. The quantitative estimate of drug-likeness (QED) is 0.847. The molecule has 0 fully saturated rings. The van der Waals surface area contributed by atoms with E-state index in [9.17, 15) is 15.0 Å². The number of phenolic OH excluding ortho intramolecular Hbond substituents is 2. The Hall–Kier alpha value is -3.15. The second-order valence-electron chi connectivity index (χ2n) is 4.92. The van der Waals surface area contributed by atoms with Crippen LogP contribution in [0.5, 0.6) is 28.7 Å². The van der Waals surface area contributed by atoms with Crippen LogP contribution in [0.4, 0.5) is 0 Å². The van der Waals surface area contributed by atoms with E-state index in [1.807, 2.05) is 0 Å². The molecule has 0 radical (unpaired) electrons. The van der Waals surface area contributed by atoms with Crippen molar-refractivity contribution in [2.45, 2.75) is 0 Å². The number of hydrogen-bond acceptors (Lipinski definition) is 6. The monoisotopic (exact) mass is 314 g/mol. The lowest BCUT2D eigenvalue weighted by Gasteiger charge is -2.06.